The van der Waals surface area contributed by atoms with Gasteiger partial charge in [-0.15, -0.1) is 0 Å². The highest BCUT2D eigenvalue weighted by atomic mass is 16.5. The summed E-state index contributed by atoms with van der Waals surface area (Å²) >= 11 is 0. The van der Waals surface area contributed by atoms with Crippen LogP contribution in [0.15, 0.2) is 53.3 Å². The van der Waals surface area contributed by atoms with Crippen LogP contribution >= 0.6 is 0 Å². The number of methoxy groups -OCH3 is 1. The Morgan fingerprint density at radius 3 is 2.67 bits per heavy atom. The third-order valence-electron chi connectivity index (χ3n) is 3.83. The molecule has 0 spiro atoms. The van der Waals surface area contributed by atoms with Crippen molar-refractivity contribution < 1.29 is 9.53 Å². The first kappa shape index (κ1) is 15.7. The summed E-state index contributed by atoms with van der Waals surface area (Å²) in [7, 11) is 3.16. The Kier molecular flexibility index (Phi) is 4.29. The number of carbonyl (C=O) groups is 1. The number of carbonyl (C=O) groups excluding carboxylic acids is 1. The lowest BCUT2D eigenvalue weighted by Gasteiger charge is -2.11. The number of amides is 1. The molecule has 2 aromatic carbocycles. The van der Waals surface area contributed by atoms with Gasteiger partial charge < -0.3 is 10.1 Å². The van der Waals surface area contributed by atoms with Crippen LogP contribution < -0.4 is 15.6 Å². The fourth-order valence-electron chi connectivity index (χ4n) is 2.51. The van der Waals surface area contributed by atoms with E-state index < -0.39 is 0 Å². The number of para-hydroxylation sites is 2. The second-order valence-electron chi connectivity index (χ2n) is 5.29. The van der Waals surface area contributed by atoms with Crippen LogP contribution in [-0.4, -0.2) is 22.6 Å². The largest absolute Gasteiger partial charge is 0.496 e. The Hall–Kier alpha value is -3.15. The average molecular weight is 323 g/mol. The van der Waals surface area contributed by atoms with Gasteiger partial charge in [0.15, 0.2) is 0 Å². The van der Waals surface area contributed by atoms with Crippen molar-refractivity contribution in [2.45, 2.75) is 6.54 Å². The van der Waals surface area contributed by atoms with Crippen LogP contribution in [0.2, 0.25) is 0 Å². The minimum atomic E-state index is -0.283. The molecular formula is C18H17N3O3. The van der Waals surface area contributed by atoms with Gasteiger partial charge in [0.2, 0.25) is 0 Å². The van der Waals surface area contributed by atoms with E-state index >= 15 is 0 Å². The molecular weight excluding hydrogens is 306 g/mol. The van der Waals surface area contributed by atoms with E-state index in [1.807, 2.05) is 6.07 Å². The van der Waals surface area contributed by atoms with E-state index in [0.717, 1.165) is 0 Å². The summed E-state index contributed by atoms with van der Waals surface area (Å²) in [6.45, 7) is 0.146. The van der Waals surface area contributed by atoms with Crippen LogP contribution in [0.25, 0.3) is 10.9 Å². The molecule has 1 heterocycles. The summed E-state index contributed by atoms with van der Waals surface area (Å²) in [6.07, 6.45) is 0. The number of hydrogen-bond acceptors (Lipinski definition) is 4. The number of benzene rings is 2. The Balaban J connectivity index is 1.87. The highest BCUT2D eigenvalue weighted by Gasteiger charge is 2.13. The van der Waals surface area contributed by atoms with Crippen LogP contribution in [0, 0.1) is 0 Å². The molecule has 0 fully saturated rings. The third-order valence-corrected chi connectivity index (χ3v) is 3.83. The minimum Gasteiger partial charge on any atom is -0.496 e. The summed E-state index contributed by atoms with van der Waals surface area (Å²) in [6, 6.07) is 14.1. The zero-order chi connectivity index (χ0) is 17.1. The quantitative estimate of drug-likeness (QED) is 0.795. The summed E-state index contributed by atoms with van der Waals surface area (Å²) in [5.41, 5.74) is 0.912. The fraction of sp³-hybridized carbons (Fsp3) is 0.167. The van der Waals surface area contributed by atoms with Crippen LogP contribution in [0.3, 0.4) is 0 Å². The summed E-state index contributed by atoms with van der Waals surface area (Å²) in [4.78, 5) is 29.2. The second-order valence-corrected chi connectivity index (χ2v) is 5.29. The van der Waals surface area contributed by atoms with Gasteiger partial charge >= 0.3 is 0 Å². The number of rotatable bonds is 4. The van der Waals surface area contributed by atoms with Crippen molar-refractivity contribution in [1.82, 2.24) is 14.9 Å². The maximum Gasteiger partial charge on any atom is 0.261 e. The molecule has 0 saturated carbocycles. The van der Waals surface area contributed by atoms with E-state index in [1.165, 1.54) is 11.7 Å². The lowest BCUT2D eigenvalue weighted by atomic mass is 10.2. The van der Waals surface area contributed by atoms with Crippen molar-refractivity contribution in [3.63, 3.8) is 0 Å². The van der Waals surface area contributed by atoms with Gasteiger partial charge in [-0.1, -0.05) is 24.3 Å². The first-order chi connectivity index (χ1) is 11.6. The molecule has 1 N–H and O–H groups in total. The molecule has 1 aromatic heterocycles. The first-order valence-electron chi connectivity index (χ1n) is 7.47. The Morgan fingerprint density at radius 2 is 1.88 bits per heavy atom. The van der Waals surface area contributed by atoms with Crippen molar-refractivity contribution in [2.75, 3.05) is 7.11 Å². The molecule has 3 aromatic rings. The molecule has 0 saturated heterocycles. The van der Waals surface area contributed by atoms with Gasteiger partial charge in [0.05, 0.1) is 30.1 Å². The van der Waals surface area contributed by atoms with E-state index in [0.29, 0.717) is 28.0 Å². The second kappa shape index (κ2) is 6.54. The molecule has 3 rings (SSSR count). The maximum absolute atomic E-state index is 12.4. The van der Waals surface area contributed by atoms with Crippen LogP contribution in [0.4, 0.5) is 0 Å². The van der Waals surface area contributed by atoms with Gasteiger partial charge in [-0.2, -0.15) is 0 Å². The van der Waals surface area contributed by atoms with Gasteiger partial charge in [-0.05, 0) is 24.3 Å². The molecule has 24 heavy (non-hydrogen) atoms. The molecule has 122 valence electrons. The number of ether oxygens (including phenoxy) is 1. The van der Waals surface area contributed by atoms with Crippen molar-refractivity contribution in [3.8, 4) is 5.75 Å². The zero-order valence-electron chi connectivity index (χ0n) is 13.4. The number of aromatic nitrogens is 2. The molecule has 0 unspecified atom stereocenters. The SMILES string of the molecule is COc1ccccc1C(=O)NCc1nc2ccccc2c(=O)n1C. The molecule has 0 atom stereocenters. The standard InChI is InChI=1S/C18H17N3O3/c1-21-16(20-14-9-5-3-7-12(14)18(21)23)11-19-17(22)13-8-4-6-10-15(13)24-2/h3-10H,11H2,1-2H3,(H,19,22). The molecule has 0 radical (unpaired) electrons. The average Bonchev–Trinajstić information content (AvgIpc) is 2.63. The highest BCUT2D eigenvalue weighted by molar-refractivity contribution is 5.96. The Labute approximate surface area is 138 Å². The molecule has 6 nitrogen and oxygen atoms in total. The number of hydrogen-bond donors (Lipinski definition) is 1. The highest BCUT2D eigenvalue weighted by Crippen LogP contribution is 2.17. The van der Waals surface area contributed by atoms with Crippen LogP contribution in [-0.2, 0) is 13.6 Å². The van der Waals surface area contributed by atoms with Gasteiger partial charge in [-0.25, -0.2) is 4.98 Å². The molecule has 0 aliphatic heterocycles. The first-order valence-corrected chi connectivity index (χ1v) is 7.47. The summed E-state index contributed by atoms with van der Waals surface area (Å²) < 4.78 is 6.64. The number of nitrogens with one attached hydrogen (secondary N) is 1. The predicted molar refractivity (Wildman–Crippen MR) is 91.1 cm³/mol. The van der Waals surface area contributed by atoms with E-state index in [2.05, 4.69) is 10.3 Å². The zero-order valence-corrected chi connectivity index (χ0v) is 13.4. The maximum atomic E-state index is 12.4. The molecule has 0 aliphatic rings. The number of fused-ring (bicyclic) bond motifs is 1. The fourth-order valence-corrected chi connectivity index (χ4v) is 2.51. The van der Waals surface area contributed by atoms with E-state index in [1.54, 1.807) is 49.5 Å². The van der Waals surface area contributed by atoms with Gasteiger partial charge in [0.25, 0.3) is 11.5 Å². The third kappa shape index (κ3) is 2.86. The molecule has 0 bridgehead atoms. The van der Waals surface area contributed by atoms with E-state index in [9.17, 15) is 9.59 Å². The van der Waals surface area contributed by atoms with E-state index in [4.69, 9.17) is 4.74 Å². The molecule has 0 aliphatic carbocycles. The normalized spacial score (nSPS) is 10.6. The van der Waals surface area contributed by atoms with Gasteiger partial charge in [0.1, 0.15) is 11.6 Å². The van der Waals surface area contributed by atoms with Gasteiger partial charge in [0, 0.05) is 7.05 Å². The predicted octanol–water partition coefficient (Wildman–Crippen LogP) is 1.87. The number of nitrogens with zero attached hydrogens (tertiary/aromatic N) is 2. The Bertz CT molecular complexity index is 963. The van der Waals surface area contributed by atoms with E-state index in [-0.39, 0.29) is 18.0 Å². The minimum absolute atomic E-state index is 0.137. The van der Waals surface area contributed by atoms with Gasteiger partial charge in [-0.3, -0.25) is 14.2 Å². The van der Waals surface area contributed by atoms with Crippen LogP contribution in [0.5, 0.6) is 5.75 Å². The Morgan fingerprint density at radius 1 is 1.17 bits per heavy atom. The van der Waals surface area contributed by atoms with Crippen molar-refractivity contribution in [1.29, 1.82) is 0 Å². The molecule has 1 amide bonds. The lowest BCUT2D eigenvalue weighted by Crippen LogP contribution is -2.29. The molecule has 6 heteroatoms. The summed E-state index contributed by atoms with van der Waals surface area (Å²) in [5.74, 6) is 0.701. The van der Waals surface area contributed by atoms with Crippen molar-refractivity contribution in [2.24, 2.45) is 7.05 Å². The van der Waals surface area contributed by atoms with Crippen molar-refractivity contribution in [3.05, 3.63) is 70.3 Å². The smallest absolute Gasteiger partial charge is 0.261 e. The van der Waals surface area contributed by atoms with Crippen molar-refractivity contribution >= 4 is 16.8 Å². The monoisotopic (exact) mass is 323 g/mol. The summed E-state index contributed by atoms with van der Waals surface area (Å²) in [5, 5.41) is 3.34. The topological polar surface area (TPSA) is 73.2 Å². The van der Waals surface area contributed by atoms with Crippen LogP contribution in [0.1, 0.15) is 16.2 Å². The lowest BCUT2D eigenvalue weighted by molar-refractivity contribution is 0.0946.